The molecule has 2 aliphatic heterocycles. The molecule has 2 aliphatic rings. The molecule has 2 amide bonds. The fraction of sp³-hybridized carbons (Fsp3) is 0.500. The Hall–Kier alpha value is -3.91. The summed E-state index contributed by atoms with van der Waals surface area (Å²) in [6.45, 7) is 6.27. The van der Waals surface area contributed by atoms with Gasteiger partial charge in [0, 0.05) is 56.3 Å². The number of alkyl halides is 3. The summed E-state index contributed by atoms with van der Waals surface area (Å²) in [6, 6.07) is 15.3. The summed E-state index contributed by atoms with van der Waals surface area (Å²) in [5.74, 6) is -2.63. The van der Waals surface area contributed by atoms with Crippen LogP contribution in [-0.4, -0.2) is 99.4 Å². The molecule has 0 saturated carbocycles. The number of amides is 2. The average molecular weight is 653 g/mol. The van der Waals surface area contributed by atoms with E-state index in [9.17, 15) is 22.8 Å². The van der Waals surface area contributed by atoms with Crippen molar-refractivity contribution < 1.29 is 37.5 Å². The molecule has 0 aliphatic carbocycles. The summed E-state index contributed by atoms with van der Waals surface area (Å²) in [4.78, 5) is 48.0. The lowest BCUT2D eigenvalue weighted by molar-refractivity contribution is -0.192. The number of benzene rings is 2. The Kier molecular flexibility index (Phi) is 11.6. The smallest absolute Gasteiger partial charge is 0.475 e. The largest absolute Gasteiger partial charge is 0.490 e. The van der Waals surface area contributed by atoms with Crippen molar-refractivity contribution in [3.05, 3.63) is 53.6 Å². The third kappa shape index (κ3) is 9.54. The van der Waals surface area contributed by atoms with Crippen molar-refractivity contribution >= 4 is 46.1 Å². The summed E-state index contributed by atoms with van der Waals surface area (Å²) in [6.07, 6.45) is -0.890. The Morgan fingerprint density at radius 3 is 2.31 bits per heavy atom. The summed E-state index contributed by atoms with van der Waals surface area (Å²) in [5, 5.41) is 16.1. The van der Waals surface area contributed by atoms with Gasteiger partial charge in [0.15, 0.2) is 0 Å². The zero-order valence-electron chi connectivity index (χ0n) is 24.8. The van der Waals surface area contributed by atoms with E-state index in [1.165, 1.54) is 0 Å². The van der Waals surface area contributed by atoms with Crippen LogP contribution in [0.25, 0.3) is 11.0 Å². The number of halogens is 4. The van der Waals surface area contributed by atoms with Crippen LogP contribution in [0.15, 0.2) is 48.5 Å². The van der Waals surface area contributed by atoms with Gasteiger partial charge in [0.05, 0.1) is 0 Å². The van der Waals surface area contributed by atoms with E-state index < -0.39 is 12.1 Å². The summed E-state index contributed by atoms with van der Waals surface area (Å²) >= 11 is 6.27. The molecular formula is C30H36ClF3N6O5. The number of likely N-dealkylation sites (tertiary alicyclic amines) is 2. The molecule has 2 saturated heterocycles. The summed E-state index contributed by atoms with van der Waals surface area (Å²) in [5.41, 5.74) is 2.55. The number of carbonyl (C=O) groups is 3. The number of carboxylic acids is 1. The molecular weight excluding hydrogens is 617 g/mol. The fourth-order valence-electron chi connectivity index (χ4n) is 5.43. The van der Waals surface area contributed by atoms with Crippen LogP contribution in [0, 0.1) is 5.92 Å². The van der Waals surface area contributed by atoms with Crippen LogP contribution >= 0.6 is 11.6 Å². The Bertz CT molecular complexity index is 1460. The van der Waals surface area contributed by atoms with Crippen molar-refractivity contribution in [3.8, 4) is 0 Å². The molecule has 3 heterocycles. The highest BCUT2D eigenvalue weighted by atomic mass is 35.5. The number of piperidine rings is 2. The van der Waals surface area contributed by atoms with Crippen LogP contribution in [0.4, 0.5) is 18.9 Å². The molecule has 1 N–H and O–H groups in total. The minimum atomic E-state index is -5.08. The minimum Gasteiger partial charge on any atom is -0.475 e. The van der Waals surface area contributed by atoms with Gasteiger partial charge in [-0.3, -0.25) is 9.59 Å². The van der Waals surface area contributed by atoms with Gasteiger partial charge in [-0.2, -0.15) is 13.2 Å². The summed E-state index contributed by atoms with van der Waals surface area (Å²) in [7, 11) is 0. The maximum atomic E-state index is 13.6. The Morgan fingerprint density at radius 2 is 1.69 bits per heavy atom. The average Bonchev–Trinajstić information content (AvgIpc) is 3.42. The van der Waals surface area contributed by atoms with Crippen LogP contribution in [0.3, 0.4) is 0 Å². The SMILES string of the molecule is CC(=O)N1CCC(C(=O)N(CCCN2CCC(On3nnc4ccccc43)CC2)c2cccc(Cl)c2)CC1.O=C(O)C(F)(F)F. The van der Waals surface area contributed by atoms with E-state index in [0.29, 0.717) is 37.5 Å². The monoisotopic (exact) mass is 652 g/mol. The molecule has 5 rings (SSSR count). The van der Waals surface area contributed by atoms with E-state index in [1.54, 1.807) is 11.8 Å². The molecule has 0 spiro atoms. The van der Waals surface area contributed by atoms with Crippen molar-refractivity contribution in [1.29, 1.82) is 0 Å². The number of nitrogens with zero attached hydrogens (tertiary/aromatic N) is 6. The Balaban J connectivity index is 0.000000591. The van der Waals surface area contributed by atoms with Gasteiger partial charge in [-0.15, -0.1) is 5.10 Å². The van der Waals surface area contributed by atoms with Gasteiger partial charge in [-0.05, 0) is 74.2 Å². The number of para-hydroxylation sites is 1. The molecule has 1 aromatic heterocycles. The first-order valence-electron chi connectivity index (χ1n) is 14.7. The van der Waals surface area contributed by atoms with Crippen molar-refractivity contribution in [3.63, 3.8) is 0 Å². The number of fused-ring (bicyclic) bond motifs is 1. The Morgan fingerprint density at radius 1 is 1.02 bits per heavy atom. The maximum Gasteiger partial charge on any atom is 0.490 e. The molecule has 11 nitrogen and oxygen atoms in total. The van der Waals surface area contributed by atoms with Crippen molar-refractivity contribution in [1.82, 2.24) is 25.0 Å². The van der Waals surface area contributed by atoms with Crippen LogP contribution < -0.4 is 9.74 Å². The van der Waals surface area contributed by atoms with Crippen LogP contribution in [-0.2, 0) is 14.4 Å². The van der Waals surface area contributed by atoms with Gasteiger partial charge in [0.25, 0.3) is 0 Å². The van der Waals surface area contributed by atoms with E-state index in [2.05, 4.69) is 15.2 Å². The number of carbonyl (C=O) groups excluding carboxylic acids is 2. The lowest BCUT2D eigenvalue weighted by Gasteiger charge is -2.35. The number of aliphatic carboxylic acids is 1. The van der Waals surface area contributed by atoms with Gasteiger partial charge in [-0.1, -0.05) is 34.6 Å². The number of rotatable bonds is 8. The highest BCUT2D eigenvalue weighted by molar-refractivity contribution is 6.30. The molecule has 244 valence electrons. The molecule has 0 bridgehead atoms. The van der Waals surface area contributed by atoms with Gasteiger partial charge in [-0.25, -0.2) is 4.79 Å². The van der Waals surface area contributed by atoms with Crippen LogP contribution in [0.1, 0.15) is 39.0 Å². The third-order valence-corrected chi connectivity index (χ3v) is 8.11. The zero-order chi connectivity index (χ0) is 32.6. The Labute approximate surface area is 263 Å². The second-order valence-electron chi connectivity index (χ2n) is 11.0. The van der Waals surface area contributed by atoms with Crippen molar-refractivity contribution in [2.45, 2.75) is 51.3 Å². The van der Waals surface area contributed by atoms with Crippen LogP contribution in [0.5, 0.6) is 0 Å². The molecule has 45 heavy (non-hydrogen) atoms. The van der Waals surface area contributed by atoms with Gasteiger partial charge < -0.3 is 24.6 Å². The number of anilines is 1. The standard InChI is InChI=1S/C28H35ClN6O3.C2HF3O2/c1-21(36)33-18-10-22(11-19-33)28(37)34(24-7-4-6-23(29)20-24)15-5-14-32-16-12-25(13-17-32)38-35-27-9-3-2-8-26(27)30-31-35;3-2(4,5)1(6)7/h2-4,6-9,20,22,25H,5,10-19H2,1H3;(H,6,7). The second kappa shape index (κ2) is 15.4. The molecule has 15 heteroatoms. The predicted molar refractivity (Wildman–Crippen MR) is 161 cm³/mol. The zero-order valence-corrected chi connectivity index (χ0v) is 25.6. The first kappa shape index (κ1) is 34.0. The highest BCUT2D eigenvalue weighted by Gasteiger charge is 2.38. The van der Waals surface area contributed by atoms with Gasteiger partial charge in [0.2, 0.25) is 11.8 Å². The fourth-order valence-corrected chi connectivity index (χ4v) is 5.61. The molecule has 0 atom stereocenters. The van der Waals surface area contributed by atoms with E-state index in [4.69, 9.17) is 26.3 Å². The van der Waals surface area contributed by atoms with E-state index in [0.717, 1.165) is 55.6 Å². The quantitative estimate of drug-likeness (QED) is 0.383. The van der Waals surface area contributed by atoms with Gasteiger partial charge in [0.1, 0.15) is 17.1 Å². The minimum absolute atomic E-state index is 0.0754. The molecule has 2 aromatic carbocycles. The van der Waals surface area contributed by atoms with Crippen LogP contribution in [0.2, 0.25) is 5.02 Å². The molecule has 2 fully saturated rings. The normalized spacial score (nSPS) is 16.6. The lowest BCUT2D eigenvalue weighted by atomic mass is 9.94. The molecule has 3 aromatic rings. The molecule has 0 radical (unpaired) electrons. The first-order valence-corrected chi connectivity index (χ1v) is 15.1. The number of hydrogen-bond acceptors (Lipinski definition) is 7. The maximum absolute atomic E-state index is 13.6. The van der Waals surface area contributed by atoms with E-state index in [-0.39, 0.29) is 23.8 Å². The second-order valence-corrected chi connectivity index (χ2v) is 11.4. The summed E-state index contributed by atoms with van der Waals surface area (Å²) < 4.78 is 31.7. The van der Waals surface area contributed by atoms with Crippen molar-refractivity contribution in [2.24, 2.45) is 5.92 Å². The van der Waals surface area contributed by atoms with Gasteiger partial charge >= 0.3 is 12.1 Å². The number of carboxylic acid groups (broad SMARTS) is 1. The highest BCUT2D eigenvalue weighted by Crippen LogP contribution is 2.26. The van der Waals surface area contributed by atoms with Crippen molar-refractivity contribution in [2.75, 3.05) is 44.2 Å². The number of hydrogen-bond donors (Lipinski definition) is 1. The third-order valence-electron chi connectivity index (χ3n) is 7.88. The number of aromatic nitrogens is 3. The first-order chi connectivity index (χ1) is 21.4. The van der Waals surface area contributed by atoms with E-state index in [1.807, 2.05) is 58.3 Å². The molecule has 0 unspecified atom stereocenters. The topological polar surface area (TPSA) is 121 Å². The van der Waals surface area contributed by atoms with E-state index >= 15 is 0 Å². The predicted octanol–water partition coefficient (Wildman–Crippen LogP) is 4.29. The lowest BCUT2D eigenvalue weighted by Crippen LogP contribution is -2.45.